The molecule has 0 radical (unpaired) electrons. The summed E-state index contributed by atoms with van der Waals surface area (Å²) in [6.45, 7) is 18.7. The number of unbranched alkanes of at least 4 members (excludes halogenated alkanes) is 2. The number of aldehydes is 2. The van der Waals surface area contributed by atoms with Crippen molar-refractivity contribution in [1.29, 1.82) is 0 Å². The quantitative estimate of drug-likeness (QED) is 0.115. The van der Waals surface area contributed by atoms with Crippen molar-refractivity contribution in [1.82, 2.24) is 0 Å². The minimum absolute atomic E-state index is 0.410. The summed E-state index contributed by atoms with van der Waals surface area (Å²) in [4.78, 5) is 19.1. The van der Waals surface area contributed by atoms with E-state index in [1.54, 1.807) is 7.11 Å². The number of benzene rings is 1. The minimum atomic E-state index is 0.410. The van der Waals surface area contributed by atoms with E-state index in [0.717, 1.165) is 37.6 Å². The number of carbonyl (C=O) groups is 2. The van der Waals surface area contributed by atoms with Gasteiger partial charge >= 0.3 is 0 Å². The molecule has 5 heteroatoms. The number of hydrogen-bond acceptors (Lipinski definition) is 5. The van der Waals surface area contributed by atoms with Crippen molar-refractivity contribution in [2.75, 3.05) is 34.0 Å². The van der Waals surface area contributed by atoms with Gasteiger partial charge in [0.15, 0.2) is 0 Å². The molecule has 0 heterocycles. The molecule has 0 N–H and O–H groups in total. The number of allylic oxidation sites excluding steroid dienone is 3. The number of aryl methyl sites for hydroxylation is 2. The van der Waals surface area contributed by atoms with E-state index in [0.29, 0.717) is 44.5 Å². The van der Waals surface area contributed by atoms with Gasteiger partial charge in [-0.25, -0.2) is 0 Å². The van der Waals surface area contributed by atoms with Gasteiger partial charge < -0.3 is 23.8 Å². The maximum atomic E-state index is 9.60. The second-order valence-corrected chi connectivity index (χ2v) is 9.66. The smallest absolute Gasteiger partial charge is 0.123 e. The van der Waals surface area contributed by atoms with Gasteiger partial charge in [-0.3, -0.25) is 0 Å². The van der Waals surface area contributed by atoms with Gasteiger partial charge in [0.1, 0.15) is 18.3 Å². The summed E-state index contributed by atoms with van der Waals surface area (Å²) in [5, 5.41) is 0. The molecule has 230 valence electrons. The Morgan fingerprint density at radius 3 is 2.15 bits per heavy atom. The molecule has 1 aromatic carbocycles. The first-order valence-corrected chi connectivity index (χ1v) is 15.4. The van der Waals surface area contributed by atoms with Gasteiger partial charge in [-0.05, 0) is 69.1 Å². The van der Waals surface area contributed by atoms with E-state index in [1.165, 1.54) is 54.4 Å². The zero-order valence-electron chi connectivity index (χ0n) is 27.1. The van der Waals surface area contributed by atoms with Crippen LogP contribution >= 0.6 is 0 Å². The average Bonchev–Trinajstić information content (AvgIpc) is 2.98. The standard InChI is InChI=1S/C24H36O.C5H10O2.C4H8O2.C2H6/c1-6-8-9-13-19-16-20(12-7-2)24(23(17-19)25-5)22-15-11-10-14-21(22)18(3)4;1-2-7-5-3-4-6;1-6-4-2-3-5;1-2/h11,15-17,21-22H,3,6-10,12-14H2,1-2,4-5H3;4H,2-3,5H2,1H3;3H,2,4H2,1H3;1-2H3. The molecule has 0 saturated heterocycles. The Kier molecular flexibility index (Phi) is 28.2. The van der Waals surface area contributed by atoms with E-state index < -0.39 is 0 Å². The van der Waals surface area contributed by atoms with Crippen LogP contribution in [0.4, 0.5) is 0 Å². The van der Waals surface area contributed by atoms with Crippen molar-refractivity contribution in [3.63, 3.8) is 0 Å². The first-order chi connectivity index (χ1) is 19.4. The first kappa shape index (κ1) is 39.9. The van der Waals surface area contributed by atoms with Crippen LogP contribution in [0, 0.1) is 5.92 Å². The Bertz CT molecular complexity index is 799. The van der Waals surface area contributed by atoms with Gasteiger partial charge in [0, 0.05) is 38.0 Å². The molecule has 2 unspecified atom stereocenters. The Balaban J connectivity index is 0. The van der Waals surface area contributed by atoms with Crippen LogP contribution in [-0.2, 0) is 31.9 Å². The number of carbonyl (C=O) groups excluding carboxylic acids is 2. The highest BCUT2D eigenvalue weighted by molar-refractivity contribution is 5.50. The van der Waals surface area contributed by atoms with Crippen molar-refractivity contribution in [2.45, 2.75) is 112 Å². The fraction of sp³-hybridized carbons (Fsp3) is 0.657. The van der Waals surface area contributed by atoms with Gasteiger partial charge in [0.05, 0.1) is 20.3 Å². The molecule has 0 saturated carbocycles. The van der Waals surface area contributed by atoms with Crippen molar-refractivity contribution in [2.24, 2.45) is 5.92 Å². The highest BCUT2D eigenvalue weighted by Crippen LogP contribution is 2.43. The topological polar surface area (TPSA) is 61.8 Å². The van der Waals surface area contributed by atoms with Crippen molar-refractivity contribution in [3.05, 3.63) is 53.1 Å². The fourth-order valence-corrected chi connectivity index (χ4v) is 4.62. The Morgan fingerprint density at radius 1 is 0.975 bits per heavy atom. The Labute approximate surface area is 246 Å². The zero-order chi connectivity index (χ0) is 30.6. The second kappa shape index (κ2) is 28.3. The summed E-state index contributed by atoms with van der Waals surface area (Å²) in [6, 6.07) is 4.75. The fourth-order valence-electron chi connectivity index (χ4n) is 4.62. The molecular weight excluding hydrogens is 500 g/mol. The molecule has 1 aliphatic rings. The third-order valence-corrected chi connectivity index (χ3v) is 6.51. The minimum Gasteiger partial charge on any atom is -0.496 e. The molecule has 1 aromatic rings. The molecule has 0 aliphatic heterocycles. The molecule has 0 amide bonds. The Hall–Kier alpha value is -2.24. The predicted molar refractivity (Wildman–Crippen MR) is 171 cm³/mol. The maximum absolute atomic E-state index is 9.60. The molecule has 0 aromatic heterocycles. The molecule has 0 fully saturated rings. The highest BCUT2D eigenvalue weighted by Gasteiger charge is 2.28. The molecule has 0 spiro atoms. The molecular formula is C35H60O5. The third-order valence-electron chi connectivity index (χ3n) is 6.51. The van der Waals surface area contributed by atoms with Crippen LogP contribution in [0.3, 0.4) is 0 Å². The van der Waals surface area contributed by atoms with E-state index in [4.69, 9.17) is 9.47 Å². The van der Waals surface area contributed by atoms with Crippen LogP contribution in [0.2, 0.25) is 0 Å². The van der Waals surface area contributed by atoms with Gasteiger partial charge in [-0.2, -0.15) is 0 Å². The van der Waals surface area contributed by atoms with Crippen molar-refractivity contribution >= 4 is 12.6 Å². The molecule has 2 rings (SSSR count). The highest BCUT2D eigenvalue weighted by atomic mass is 16.5. The normalized spacial score (nSPS) is 15.3. The monoisotopic (exact) mass is 560 g/mol. The Morgan fingerprint density at radius 2 is 1.65 bits per heavy atom. The largest absolute Gasteiger partial charge is 0.496 e. The van der Waals surface area contributed by atoms with Crippen LogP contribution in [0.15, 0.2) is 36.4 Å². The maximum Gasteiger partial charge on any atom is 0.123 e. The number of rotatable bonds is 16. The molecule has 0 bridgehead atoms. The summed E-state index contributed by atoms with van der Waals surface area (Å²) >= 11 is 0. The van der Waals surface area contributed by atoms with Crippen LogP contribution in [0.25, 0.3) is 0 Å². The van der Waals surface area contributed by atoms with Gasteiger partial charge in [-0.15, -0.1) is 0 Å². The lowest BCUT2D eigenvalue weighted by Crippen LogP contribution is -2.18. The van der Waals surface area contributed by atoms with E-state index in [2.05, 4.69) is 56.4 Å². The lowest BCUT2D eigenvalue weighted by molar-refractivity contribution is -0.109. The molecule has 2 atom stereocenters. The van der Waals surface area contributed by atoms with E-state index in [9.17, 15) is 9.59 Å². The summed E-state index contributed by atoms with van der Waals surface area (Å²) in [5.41, 5.74) is 5.62. The second-order valence-electron chi connectivity index (χ2n) is 9.66. The molecule has 5 nitrogen and oxygen atoms in total. The number of ether oxygens (including phenoxy) is 3. The van der Waals surface area contributed by atoms with Gasteiger partial charge in [0.25, 0.3) is 0 Å². The van der Waals surface area contributed by atoms with Crippen LogP contribution < -0.4 is 4.74 Å². The van der Waals surface area contributed by atoms with Crippen LogP contribution in [-0.4, -0.2) is 46.6 Å². The lowest BCUT2D eigenvalue weighted by atomic mass is 9.74. The third kappa shape index (κ3) is 17.5. The van der Waals surface area contributed by atoms with E-state index >= 15 is 0 Å². The zero-order valence-corrected chi connectivity index (χ0v) is 27.1. The van der Waals surface area contributed by atoms with Gasteiger partial charge in [-0.1, -0.05) is 77.3 Å². The van der Waals surface area contributed by atoms with Gasteiger partial charge in [0.2, 0.25) is 0 Å². The molecule has 40 heavy (non-hydrogen) atoms. The SMILES string of the molecule is C=C(C)C1CCC=CC1c1c(CCC)cc(CCCCC)cc1OC.CC.CCOCCC=O.COCCC=O. The van der Waals surface area contributed by atoms with Crippen molar-refractivity contribution in [3.8, 4) is 5.75 Å². The number of hydrogen-bond donors (Lipinski definition) is 0. The predicted octanol–water partition coefficient (Wildman–Crippen LogP) is 8.87. The summed E-state index contributed by atoms with van der Waals surface area (Å²) in [6.07, 6.45) is 17.1. The average molecular weight is 561 g/mol. The lowest BCUT2D eigenvalue weighted by Gasteiger charge is -2.31. The first-order valence-electron chi connectivity index (χ1n) is 15.4. The summed E-state index contributed by atoms with van der Waals surface area (Å²) < 4.78 is 15.3. The number of methoxy groups -OCH3 is 2. The van der Waals surface area contributed by atoms with Crippen LogP contribution in [0.5, 0.6) is 5.75 Å². The molecule has 1 aliphatic carbocycles. The van der Waals surface area contributed by atoms with E-state index in [-0.39, 0.29) is 0 Å². The van der Waals surface area contributed by atoms with Crippen molar-refractivity contribution < 1.29 is 23.8 Å². The van der Waals surface area contributed by atoms with Crippen LogP contribution in [0.1, 0.15) is 116 Å². The van der Waals surface area contributed by atoms with E-state index in [1.807, 2.05) is 27.9 Å². The summed E-state index contributed by atoms with van der Waals surface area (Å²) in [5.74, 6) is 2.02. The summed E-state index contributed by atoms with van der Waals surface area (Å²) in [7, 11) is 3.40.